The van der Waals surface area contributed by atoms with Crippen molar-refractivity contribution < 1.29 is 13.2 Å². The minimum absolute atomic E-state index is 0.00650. The first-order valence-corrected chi connectivity index (χ1v) is 8.89. The fourth-order valence-corrected chi connectivity index (χ4v) is 2.95. The Labute approximate surface area is 123 Å². The van der Waals surface area contributed by atoms with Gasteiger partial charge in [-0.05, 0) is 43.0 Å². The number of hydrogen-bond acceptors (Lipinski definition) is 5. The van der Waals surface area contributed by atoms with Crippen LogP contribution in [0.4, 0.5) is 5.69 Å². The van der Waals surface area contributed by atoms with E-state index in [0.29, 0.717) is 17.7 Å². The van der Waals surface area contributed by atoms with Crippen molar-refractivity contribution >= 4 is 33.4 Å². The Bertz CT molecular complexity index is 588. The van der Waals surface area contributed by atoms with Gasteiger partial charge in [0.25, 0.3) is 0 Å². The fourth-order valence-electron chi connectivity index (χ4n) is 1.66. The van der Waals surface area contributed by atoms with E-state index in [1.54, 1.807) is 24.8 Å². The molecule has 0 bridgehead atoms. The summed E-state index contributed by atoms with van der Waals surface area (Å²) < 4.78 is 22.8. The SMILES string of the molecule is CSCC[C@@H](N)C(=O)Nc1cccc(S(N)(=O)=O)c1C. The van der Waals surface area contributed by atoms with Crippen molar-refractivity contribution in [2.24, 2.45) is 10.9 Å². The standard InChI is InChI=1S/C12H19N3O3S2/c1-8-10(4-3-5-11(8)20(14,17)18)15-12(16)9(13)6-7-19-2/h3-5,9H,6-7,13H2,1-2H3,(H,15,16)(H2,14,17,18)/t9-/m1/s1. The van der Waals surface area contributed by atoms with Gasteiger partial charge >= 0.3 is 0 Å². The van der Waals surface area contributed by atoms with Crippen LogP contribution in [0.1, 0.15) is 12.0 Å². The van der Waals surface area contributed by atoms with Crippen LogP contribution in [0.25, 0.3) is 0 Å². The molecule has 0 radical (unpaired) electrons. The number of anilines is 1. The van der Waals surface area contributed by atoms with Crippen molar-refractivity contribution in [3.63, 3.8) is 0 Å². The first kappa shape index (κ1) is 17.0. The minimum Gasteiger partial charge on any atom is -0.324 e. The molecule has 0 unspecified atom stereocenters. The fraction of sp³-hybridized carbons (Fsp3) is 0.417. The molecule has 1 aromatic rings. The number of nitrogens with two attached hydrogens (primary N) is 2. The number of rotatable bonds is 6. The second kappa shape index (κ2) is 7.07. The lowest BCUT2D eigenvalue weighted by molar-refractivity contribution is -0.117. The summed E-state index contributed by atoms with van der Waals surface area (Å²) in [7, 11) is -3.81. The first-order valence-electron chi connectivity index (χ1n) is 5.95. The molecule has 0 fully saturated rings. The Morgan fingerprint density at radius 2 is 2.10 bits per heavy atom. The summed E-state index contributed by atoms with van der Waals surface area (Å²) in [6.45, 7) is 1.59. The van der Waals surface area contributed by atoms with Crippen LogP contribution in [0.5, 0.6) is 0 Å². The Balaban J connectivity index is 2.91. The Hall–Kier alpha value is -1.09. The van der Waals surface area contributed by atoms with Crippen molar-refractivity contribution in [3.05, 3.63) is 23.8 Å². The van der Waals surface area contributed by atoms with Crippen molar-refractivity contribution in [2.75, 3.05) is 17.3 Å². The van der Waals surface area contributed by atoms with Crippen LogP contribution in [0, 0.1) is 6.92 Å². The Kier molecular flexibility index (Phi) is 6.00. The molecule has 5 N–H and O–H groups in total. The number of nitrogens with one attached hydrogen (secondary N) is 1. The second-order valence-corrected chi connectivity index (χ2v) is 6.87. The zero-order chi connectivity index (χ0) is 15.3. The van der Waals surface area contributed by atoms with Gasteiger partial charge in [-0.3, -0.25) is 4.79 Å². The average molecular weight is 317 g/mol. The molecule has 0 aliphatic carbocycles. The van der Waals surface area contributed by atoms with Gasteiger partial charge in [0.2, 0.25) is 15.9 Å². The lowest BCUT2D eigenvalue weighted by atomic mass is 10.1. The molecule has 6 nitrogen and oxygen atoms in total. The zero-order valence-corrected chi connectivity index (χ0v) is 13.1. The van der Waals surface area contributed by atoms with Crippen LogP contribution in [-0.2, 0) is 14.8 Å². The maximum Gasteiger partial charge on any atom is 0.241 e. The lowest BCUT2D eigenvalue weighted by Gasteiger charge is -2.14. The van der Waals surface area contributed by atoms with E-state index in [4.69, 9.17) is 10.9 Å². The molecule has 1 amide bonds. The maximum absolute atomic E-state index is 11.9. The molecule has 0 heterocycles. The molecule has 112 valence electrons. The smallest absolute Gasteiger partial charge is 0.241 e. The summed E-state index contributed by atoms with van der Waals surface area (Å²) in [5.74, 6) is 0.443. The van der Waals surface area contributed by atoms with Crippen molar-refractivity contribution in [1.29, 1.82) is 0 Å². The zero-order valence-electron chi connectivity index (χ0n) is 11.4. The molecule has 0 aliphatic rings. The number of benzene rings is 1. The van der Waals surface area contributed by atoms with Gasteiger partial charge in [0.1, 0.15) is 0 Å². The number of amides is 1. The molecule has 0 saturated heterocycles. The molecule has 1 rings (SSSR count). The average Bonchev–Trinajstić information content (AvgIpc) is 2.36. The highest BCUT2D eigenvalue weighted by molar-refractivity contribution is 7.98. The predicted molar refractivity (Wildman–Crippen MR) is 82.2 cm³/mol. The molecule has 20 heavy (non-hydrogen) atoms. The van der Waals surface area contributed by atoms with Gasteiger partial charge in [0, 0.05) is 5.69 Å². The van der Waals surface area contributed by atoms with E-state index in [0.717, 1.165) is 5.75 Å². The Morgan fingerprint density at radius 3 is 2.65 bits per heavy atom. The Morgan fingerprint density at radius 1 is 1.45 bits per heavy atom. The third-order valence-corrected chi connectivity index (χ3v) is 4.52. The normalized spacial score (nSPS) is 13.0. The summed E-state index contributed by atoms with van der Waals surface area (Å²) in [5.41, 5.74) is 6.56. The third kappa shape index (κ3) is 4.48. The second-order valence-electron chi connectivity index (χ2n) is 4.35. The van der Waals surface area contributed by atoms with E-state index < -0.39 is 16.1 Å². The molecule has 0 aromatic heterocycles. The van der Waals surface area contributed by atoms with Gasteiger partial charge in [-0.15, -0.1) is 0 Å². The van der Waals surface area contributed by atoms with E-state index >= 15 is 0 Å². The number of carbonyl (C=O) groups excluding carboxylic acids is 1. The number of carbonyl (C=O) groups is 1. The van der Waals surface area contributed by atoms with E-state index in [1.165, 1.54) is 12.1 Å². The van der Waals surface area contributed by atoms with Crippen LogP contribution >= 0.6 is 11.8 Å². The highest BCUT2D eigenvalue weighted by atomic mass is 32.2. The highest BCUT2D eigenvalue weighted by Gasteiger charge is 2.17. The molecular weight excluding hydrogens is 298 g/mol. The summed E-state index contributed by atoms with van der Waals surface area (Å²) in [6, 6.07) is 3.91. The number of sulfonamides is 1. The van der Waals surface area contributed by atoms with Crippen molar-refractivity contribution in [3.8, 4) is 0 Å². The molecule has 1 atom stereocenters. The highest BCUT2D eigenvalue weighted by Crippen LogP contribution is 2.22. The van der Waals surface area contributed by atoms with Crippen LogP contribution in [0.3, 0.4) is 0 Å². The summed E-state index contributed by atoms with van der Waals surface area (Å²) in [5, 5.41) is 7.75. The van der Waals surface area contributed by atoms with E-state index in [2.05, 4.69) is 5.32 Å². The largest absolute Gasteiger partial charge is 0.324 e. The van der Waals surface area contributed by atoms with Crippen LogP contribution < -0.4 is 16.2 Å². The molecule has 1 aromatic carbocycles. The molecule has 0 aliphatic heterocycles. The third-order valence-electron chi connectivity index (χ3n) is 2.82. The summed E-state index contributed by atoms with van der Waals surface area (Å²) in [6.07, 6.45) is 2.49. The molecule has 8 heteroatoms. The summed E-state index contributed by atoms with van der Waals surface area (Å²) in [4.78, 5) is 11.9. The van der Waals surface area contributed by atoms with E-state index in [-0.39, 0.29) is 10.8 Å². The van der Waals surface area contributed by atoms with Gasteiger partial charge in [-0.1, -0.05) is 6.07 Å². The van der Waals surface area contributed by atoms with Crippen LogP contribution in [0.15, 0.2) is 23.1 Å². The van der Waals surface area contributed by atoms with Crippen LogP contribution in [0.2, 0.25) is 0 Å². The lowest BCUT2D eigenvalue weighted by Crippen LogP contribution is -2.36. The van der Waals surface area contributed by atoms with E-state index in [9.17, 15) is 13.2 Å². The number of hydrogen-bond donors (Lipinski definition) is 3. The van der Waals surface area contributed by atoms with Crippen LogP contribution in [-0.4, -0.2) is 32.4 Å². The van der Waals surface area contributed by atoms with Gasteiger partial charge in [0.05, 0.1) is 10.9 Å². The minimum atomic E-state index is -3.81. The topological polar surface area (TPSA) is 115 Å². The van der Waals surface area contributed by atoms with E-state index in [1.807, 2.05) is 6.26 Å². The van der Waals surface area contributed by atoms with Crippen molar-refractivity contribution in [1.82, 2.24) is 0 Å². The van der Waals surface area contributed by atoms with Gasteiger partial charge in [-0.2, -0.15) is 11.8 Å². The van der Waals surface area contributed by atoms with Crippen molar-refractivity contribution in [2.45, 2.75) is 24.3 Å². The molecular formula is C12H19N3O3S2. The molecule has 0 spiro atoms. The summed E-state index contributed by atoms with van der Waals surface area (Å²) >= 11 is 1.61. The first-order chi connectivity index (χ1) is 9.27. The molecule has 0 saturated carbocycles. The number of thioether (sulfide) groups is 1. The number of primary sulfonamides is 1. The van der Waals surface area contributed by atoms with Gasteiger partial charge in [-0.25, -0.2) is 13.6 Å². The monoisotopic (exact) mass is 317 g/mol. The quantitative estimate of drug-likeness (QED) is 0.713. The van der Waals surface area contributed by atoms with Gasteiger partial charge in [0.15, 0.2) is 0 Å². The predicted octanol–water partition coefficient (Wildman–Crippen LogP) is 0.661. The van der Waals surface area contributed by atoms with Gasteiger partial charge < -0.3 is 11.1 Å². The maximum atomic E-state index is 11.9.